The minimum absolute atomic E-state index is 0.0590. The molecule has 0 amide bonds. The molecule has 6 fully saturated rings. The van der Waals surface area contributed by atoms with E-state index in [-0.39, 0.29) is 45.4 Å². The number of ether oxygens (including phenoxy) is 1. The molecule has 2 N–H and O–H groups in total. The molecule has 5 aliphatic carbocycles. The average Bonchev–Trinajstić information content (AvgIpc) is 2.97. The summed E-state index contributed by atoms with van der Waals surface area (Å²) < 4.78 is 6.57. The second-order valence-electron chi connectivity index (χ2n) is 15.4. The summed E-state index contributed by atoms with van der Waals surface area (Å²) in [5.74, 6) is 0.510. The third-order valence-corrected chi connectivity index (χ3v) is 13.6. The molecule has 2 unspecified atom stereocenters. The third-order valence-electron chi connectivity index (χ3n) is 13.6. The quantitative estimate of drug-likeness (QED) is 0.214. The van der Waals surface area contributed by atoms with E-state index in [1.54, 1.807) is 6.21 Å². The Hall–Kier alpha value is -1.43. The summed E-state index contributed by atoms with van der Waals surface area (Å²) in [4.78, 5) is 26.8. The molecule has 6 aliphatic rings. The molecule has 6 rings (SSSR count). The highest BCUT2D eigenvalue weighted by atomic mass is 16.6. The Bertz CT molecular complexity index is 1050. The molecule has 200 valence electrons. The molecule has 9 atom stereocenters. The van der Waals surface area contributed by atoms with E-state index in [1.165, 1.54) is 0 Å². The van der Waals surface area contributed by atoms with Crippen molar-refractivity contribution in [3.8, 4) is 0 Å². The molecule has 1 aliphatic heterocycles. The van der Waals surface area contributed by atoms with Crippen LogP contribution in [0.1, 0.15) is 106 Å². The van der Waals surface area contributed by atoms with Gasteiger partial charge in [0.15, 0.2) is 5.60 Å². The minimum Gasteiger partial charge on any atom is -0.455 e. The van der Waals surface area contributed by atoms with Gasteiger partial charge >= 0.3 is 5.97 Å². The number of aliphatic hydroxyl groups is 1. The first-order chi connectivity index (χ1) is 16.7. The fourth-order valence-corrected chi connectivity index (χ4v) is 11.7. The van der Waals surface area contributed by atoms with Crippen LogP contribution in [0.5, 0.6) is 0 Å². The van der Waals surface area contributed by atoms with Gasteiger partial charge in [0, 0.05) is 17.8 Å². The van der Waals surface area contributed by atoms with Crippen molar-refractivity contribution < 1.29 is 24.6 Å². The molecule has 5 saturated carbocycles. The summed E-state index contributed by atoms with van der Waals surface area (Å²) in [5, 5.41) is 26.1. The first kappa shape index (κ1) is 24.9. The van der Waals surface area contributed by atoms with E-state index in [0.717, 1.165) is 44.9 Å². The highest BCUT2D eigenvalue weighted by Crippen LogP contribution is 2.80. The van der Waals surface area contributed by atoms with Gasteiger partial charge in [-0.25, -0.2) is 0 Å². The van der Waals surface area contributed by atoms with Gasteiger partial charge in [-0.3, -0.25) is 9.59 Å². The van der Waals surface area contributed by atoms with Crippen molar-refractivity contribution in [2.24, 2.45) is 55.4 Å². The molecule has 1 spiro atoms. The number of Topliss-reactive ketones (excluding diaryl/α,β-unsaturated/α-hetero) is 1. The lowest BCUT2D eigenvalue weighted by molar-refractivity contribution is -0.292. The zero-order chi connectivity index (χ0) is 26.2. The fraction of sp³-hybridized carbons (Fsp3) is 0.900. The molecule has 1 saturated heterocycles. The Balaban J connectivity index is 1.55. The van der Waals surface area contributed by atoms with Gasteiger partial charge < -0.3 is 15.1 Å². The number of ketones is 1. The second-order valence-corrected chi connectivity index (χ2v) is 15.4. The van der Waals surface area contributed by atoms with Crippen molar-refractivity contribution in [3.63, 3.8) is 0 Å². The van der Waals surface area contributed by atoms with E-state index in [4.69, 9.17) is 4.74 Å². The van der Waals surface area contributed by atoms with Crippen LogP contribution in [0.25, 0.3) is 0 Å². The smallest absolute Gasteiger partial charge is 0.313 e. The number of hydrogen-bond donors (Lipinski definition) is 2. The number of rotatable bonds is 1. The highest BCUT2D eigenvalue weighted by Gasteiger charge is 2.84. The van der Waals surface area contributed by atoms with Crippen molar-refractivity contribution in [3.05, 3.63) is 0 Å². The highest BCUT2D eigenvalue weighted by molar-refractivity contribution is 5.86. The maximum absolute atomic E-state index is 13.8. The van der Waals surface area contributed by atoms with Crippen molar-refractivity contribution in [2.45, 2.75) is 117 Å². The van der Waals surface area contributed by atoms with Crippen molar-refractivity contribution >= 4 is 18.0 Å². The van der Waals surface area contributed by atoms with E-state index in [2.05, 4.69) is 46.7 Å². The van der Waals surface area contributed by atoms with E-state index >= 15 is 0 Å². The molecule has 6 heteroatoms. The first-order valence-corrected chi connectivity index (χ1v) is 14.3. The fourth-order valence-electron chi connectivity index (χ4n) is 11.7. The first-order valence-electron chi connectivity index (χ1n) is 14.3. The lowest BCUT2D eigenvalue weighted by Gasteiger charge is -2.73. The molecular formula is C30H45NO5. The molecule has 2 bridgehead atoms. The number of fused-ring (bicyclic) bond motifs is 4. The van der Waals surface area contributed by atoms with Gasteiger partial charge in [0.05, 0.1) is 23.1 Å². The summed E-state index contributed by atoms with van der Waals surface area (Å²) in [7, 11) is 0. The molecule has 0 aromatic heterocycles. The zero-order valence-electron chi connectivity index (χ0n) is 23.0. The average molecular weight is 500 g/mol. The Morgan fingerprint density at radius 2 is 1.61 bits per heavy atom. The zero-order valence-corrected chi connectivity index (χ0v) is 23.0. The number of carbonyl (C=O) groups is 2. The molecule has 0 aromatic rings. The standard InChI is InChI=1S/C30H45NO5/c1-24(2)11-12-28-13-14-29(17-31-35)27(6)10-7-18-25(3,4)21(32)8-9-26(18,5)19(27)15-22(33)30(29,20(28)16-24)36-23(28)34/h17-20,22,33,35H,7-16H2,1-6H3/b31-17-/t18?,19?,20-,22+,26+,27-,28+,29-,30-/m1/s1. The van der Waals surface area contributed by atoms with Crippen LogP contribution in [0.15, 0.2) is 5.16 Å². The Morgan fingerprint density at radius 3 is 2.31 bits per heavy atom. The maximum Gasteiger partial charge on any atom is 0.313 e. The minimum atomic E-state index is -1.07. The summed E-state index contributed by atoms with van der Waals surface area (Å²) in [5.41, 5.74) is -3.12. The number of oxime groups is 1. The topological polar surface area (TPSA) is 96.2 Å². The van der Waals surface area contributed by atoms with E-state index < -0.39 is 22.5 Å². The monoisotopic (exact) mass is 499 g/mol. The molecule has 0 aromatic carbocycles. The molecule has 6 nitrogen and oxygen atoms in total. The normalized spacial score (nSPS) is 54.8. The van der Waals surface area contributed by atoms with Crippen molar-refractivity contribution in [2.75, 3.05) is 0 Å². The lowest BCUT2D eigenvalue weighted by atomic mass is 9.30. The summed E-state index contributed by atoms with van der Waals surface area (Å²) in [6, 6.07) is 0. The predicted octanol–water partition coefficient (Wildman–Crippen LogP) is 5.53. The molecule has 0 radical (unpaired) electrons. The maximum atomic E-state index is 13.8. The van der Waals surface area contributed by atoms with Crippen LogP contribution in [-0.4, -0.2) is 40.0 Å². The Labute approximate surface area is 215 Å². The number of esters is 1. The van der Waals surface area contributed by atoms with Gasteiger partial charge in [-0.1, -0.05) is 41.5 Å². The van der Waals surface area contributed by atoms with E-state index in [1.807, 2.05) is 0 Å². The summed E-state index contributed by atoms with van der Waals surface area (Å²) in [6.45, 7) is 13.4. The van der Waals surface area contributed by atoms with Crippen molar-refractivity contribution in [1.82, 2.24) is 0 Å². The van der Waals surface area contributed by atoms with Crippen LogP contribution in [0.4, 0.5) is 0 Å². The van der Waals surface area contributed by atoms with Gasteiger partial charge in [0.1, 0.15) is 5.78 Å². The van der Waals surface area contributed by atoms with Crippen LogP contribution >= 0.6 is 0 Å². The van der Waals surface area contributed by atoms with Crippen molar-refractivity contribution in [1.29, 1.82) is 0 Å². The Kier molecular flexibility index (Phi) is 4.80. The molecular weight excluding hydrogens is 454 g/mol. The van der Waals surface area contributed by atoms with Crippen LogP contribution < -0.4 is 0 Å². The summed E-state index contributed by atoms with van der Waals surface area (Å²) in [6.07, 6.45) is 8.65. The van der Waals surface area contributed by atoms with Crippen LogP contribution in [0.2, 0.25) is 0 Å². The van der Waals surface area contributed by atoms with Gasteiger partial charge in [-0.15, -0.1) is 5.16 Å². The number of carbonyl (C=O) groups excluding carboxylic acids is 2. The molecule has 36 heavy (non-hydrogen) atoms. The van der Waals surface area contributed by atoms with E-state index in [0.29, 0.717) is 25.0 Å². The van der Waals surface area contributed by atoms with Gasteiger partial charge in [-0.05, 0) is 85.9 Å². The van der Waals surface area contributed by atoms with Crippen LogP contribution in [0, 0.1) is 50.2 Å². The molecule has 1 heterocycles. The van der Waals surface area contributed by atoms with Gasteiger partial charge in [0.25, 0.3) is 0 Å². The van der Waals surface area contributed by atoms with Crippen LogP contribution in [0.3, 0.4) is 0 Å². The SMILES string of the molecule is CC1(C)CC[C@@]23CC[C@]4(/C=N\O)[C@@](OC2=O)([C@@H]3C1)[C@@H](O)CC1[C@@]2(C)CCC(=O)C(C)(C)C2CC[C@]14C. The number of nitrogens with zero attached hydrogens (tertiary/aromatic N) is 1. The van der Waals surface area contributed by atoms with Crippen LogP contribution in [-0.2, 0) is 14.3 Å². The Morgan fingerprint density at radius 1 is 0.917 bits per heavy atom. The lowest BCUT2D eigenvalue weighted by Crippen LogP contribution is -2.77. The predicted molar refractivity (Wildman–Crippen MR) is 135 cm³/mol. The number of hydrogen-bond acceptors (Lipinski definition) is 6. The number of aliphatic hydroxyl groups excluding tert-OH is 1. The largest absolute Gasteiger partial charge is 0.455 e. The van der Waals surface area contributed by atoms with E-state index in [9.17, 15) is 19.9 Å². The van der Waals surface area contributed by atoms with Gasteiger partial charge in [0.2, 0.25) is 0 Å². The van der Waals surface area contributed by atoms with Gasteiger partial charge in [-0.2, -0.15) is 0 Å². The third kappa shape index (κ3) is 2.47. The summed E-state index contributed by atoms with van der Waals surface area (Å²) >= 11 is 0. The second kappa shape index (κ2) is 6.95.